The molecular formula is C22H24FNO3. The van der Waals surface area contributed by atoms with Gasteiger partial charge in [-0.05, 0) is 66.8 Å². The number of hydrogen-bond acceptors (Lipinski definition) is 3. The predicted octanol–water partition coefficient (Wildman–Crippen LogP) is 3.63. The quantitative estimate of drug-likeness (QED) is 0.732. The van der Waals surface area contributed by atoms with Crippen LogP contribution in [0.15, 0.2) is 36.4 Å². The topological polar surface area (TPSA) is 80.4 Å². The molecule has 3 N–H and O–H groups in total. The van der Waals surface area contributed by atoms with E-state index in [9.17, 15) is 19.1 Å². The third-order valence-corrected chi connectivity index (χ3v) is 4.31. The fraction of sp³-hybridized carbons (Fsp3) is 0.273. The lowest BCUT2D eigenvalue weighted by atomic mass is 9.92. The minimum absolute atomic E-state index is 0.171. The number of benzene rings is 2. The molecule has 0 radical (unpaired) electrons. The molecular weight excluding hydrogens is 345 g/mol. The van der Waals surface area contributed by atoms with E-state index in [4.69, 9.17) is 5.73 Å². The number of primary amides is 1. The van der Waals surface area contributed by atoms with E-state index in [0.717, 1.165) is 27.8 Å². The first-order valence-electron chi connectivity index (χ1n) is 8.72. The van der Waals surface area contributed by atoms with Gasteiger partial charge < -0.3 is 10.8 Å². The van der Waals surface area contributed by atoms with Crippen molar-refractivity contribution >= 4 is 17.8 Å². The van der Waals surface area contributed by atoms with Gasteiger partial charge in [0.25, 0.3) is 0 Å². The number of carbonyl (C=O) groups excluding carboxylic acids is 2. The van der Waals surface area contributed by atoms with Gasteiger partial charge in [0.1, 0.15) is 5.82 Å². The number of aryl methyl sites for hydroxylation is 3. The summed E-state index contributed by atoms with van der Waals surface area (Å²) < 4.78 is 13.6. The van der Waals surface area contributed by atoms with E-state index in [-0.39, 0.29) is 24.4 Å². The SMILES string of the molecule is Cc1cc(C)c(C=CC(=O)C[C@@H](O)CC(N)=O)c(-c2ccc(F)c(C)c2)c1. The minimum Gasteiger partial charge on any atom is -0.392 e. The predicted molar refractivity (Wildman–Crippen MR) is 105 cm³/mol. The van der Waals surface area contributed by atoms with Crippen molar-refractivity contribution < 1.29 is 19.1 Å². The molecule has 0 spiro atoms. The van der Waals surface area contributed by atoms with Gasteiger partial charge in [0.15, 0.2) is 5.78 Å². The van der Waals surface area contributed by atoms with Crippen molar-refractivity contribution in [2.75, 3.05) is 0 Å². The molecule has 2 aromatic carbocycles. The Bertz CT molecular complexity index is 903. The van der Waals surface area contributed by atoms with Gasteiger partial charge in [0, 0.05) is 6.42 Å². The summed E-state index contributed by atoms with van der Waals surface area (Å²) in [6.45, 7) is 5.63. The van der Waals surface area contributed by atoms with Gasteiger partial charge >= 0.3 is 0 Å². The Kier molecular flexibility index (Phi) is 6.64. The standard InChI is InChI=1S/C22H24FNO3/c1-13-8-14(2)19(6-5-17(25)11-18(26)12-22(24)27)20(9-13)16-4-7-21(23)15(3)10-16/h4-10,18,26H,11-12H2,1-3H3,(H2,24,27)/t18-/m1/s1. The van der Waals surface area contributed by atoms with E-state index in [1.165, 1.54) is 12.1 Å². The number of carbonyl (C=O) groups is 2. The van der Waals surface area contributed by atoms with Crippen LogP contribution >= 0.6 is 0 Å². The Morgan fingerprint density at radius 3 is 2.44 bits per heavy atom. The molecule has 1 atom stereocenters. The highest BCUT2D eigenvalue weighted by molar-refractivity contribution is 5.95. The molecule has 0 bridgehead atoms. The molecule has 0 aliphatic heterocycles. The fourth-order valence-electron chi connectivity index (χ4n) is 3.03. The van der Waals surface area contributed by atoms with E-state index < -0.39 is 12.0 Å². The van der Waals surface area contributed by atoms with Crippen LogP contribution in [0.2, 0.25) is 0 Å². The van der Waals surface area contributed by atoms with Gasteiger partial charge in [-0.1, -0.05) is 29.8 Å². The maximum atomic E-state index is 13.6. The lowest BCUT2D eigenvalue weighted by Gasteiger charge is -2.13. The number of halogens is 1. The third kappa shape index (κ3) is 5.59. The molecule has 2 rings (SSSR count). The van der Waals surface area contributed by atoms with E-state index in [1.807, 2.05) is 26.0 Å². The summed E-state index contributed by atoms with van der Waals surface area (Å²) in [6.07, 6.45) is 1.58. The Morgan fingerprint density at radius 1 is 1.11 bits per heavy atom. The van der Waals surface area contributed by atoms with Crippen molar-refractivity contribution in [3.63, 3.8) is 0 Å². The highest BCUT2D eigenvalue weighted by Crippen LogP contribution is 2.30. The molecule has 0 fully saturated rings. The Hall–Kier alpha value is -2.79. The number of amides is 1. The molecule has 1 amide bonds. The number of ketones is 1. The molecule has 142 valence electrons. The second kappa shape index (κ2) is 8.73. The maximum absolute atomic E-state index is 13.6. The number of aliphatic hydroxyl groups is 1. The zero-order chi connectivity index (χ0) is 20.1. The van der Waals surface area contributed by atoms with Crippen molar-refractivity contribution in [1.82, 2.24) is 0 Å². The summed E-state index contributed by atoms with van der Waals surface area (Å²) >= 11 is 0. The van der Waals surface area contributed by atoms with Crippen molar-refractivity contribution in [3.8, 4) is 11.1 Å². The molecule has 0 saturated heterocycles. The number of hydrogen-bond donors (Lipinski definition) is 2. The number of rotatable bonds is 7. The number of aliphatic hydroxyl groups excluding tert-OH is 1. The van der Waals surface area contributed by atoms with Gasteiger partial charge in [-0.2, -0.15) is 0 Å². The van der Waals surface area contributed by atoms with Crippen molar-refractivity contribution in [2.45, 2.75) is 39.7 Å². The lowest BCUT2D eigenvalue weighted by Crippen LogP contribution is -2.21. The van der Waals surface area contributed by atoms with Gasteiger partial charge in [-0.25, -0.2) is 4.39 Å². The van der Waals surface area contributed by atoms with Crippen LogP contribution in [-0.4, -0.2) is 22.9 Å². The number of nitrogens with two attached hydrogens (primary N) is 1. The first-order chi connectivity index (χ1) is 12.7. The van der Waals surface area contributed by atoms with E-state index >= 15 is 0 Å². The highest BCUT2D eigenvalue weighted by atomic mass is 19.1. The summed E-state index contributed by atoms with van der Waals surface area (Å²) in [4.78, 5) is 22.9. The minimum atomic E-state index is -1.09. The second-order valence-corrected chi connectivity index (χ2v) is 6.84. The smallest absolute Gasteiger partial charge is 0.220 e. The summed E-state index contributed by atoms with van der Waals surface area (Å²) in [5.41, 5.74) is 10.2. The first kappa shape index (κ1) is 20.5. The van der Waals surface area contributed by atoms with Gasteiger partial charge in [0.05, 0.1) is 12.5 Å². The summed E-state index contributed by atoms with van der Waals surface area (Å²) in [6, 6.07) is 8.92. The molecule has 5 heteroatoms. The number of allylic oxidation sites excluding steroid dienone is 1. The van der Waals surface area contributed by atoms with Crippen molar-refractivity contribution in [2.24, 2.45) is 5.73 Å². The molecule has 0 aliphatic rings. The van der Waals surface area contributed by atoms with E-state index in [1.54, 1.807) is 25.1 Å². The zero-order valence-electron chi connectivity index (χ0n) is 15.8. The molecule has 0 saturated carbocycles. The molecule has 27 heavy (non-hydrogen) atoms. The first-order valence-corrected chi connectivity index (χ1v) is 8.72. The second-order valence-electron chi connectivity index (χ2n) is 6.84. The van der Waals surface area contributed by atoms with Gasteiger partial charge in [-0.3, -0.25) is 9.59 Å². The van der Waals surface area contributed by atoms with Crippen LogP contribution in [0.5, 0.6) is 0 Å². The largest absolute Gasteiger partial charge is 0.392 e. The average Bonchev–Trinajstić information content (AvgIpc) is 2.55. The zero-order valence-corrected chi connectivity index (χ0v) is 15.8. The van der Waals surface area contributed by atoms with Crippen LogP contribution in [0.3, 0.4) is 0 Å². The van der Waals surface area contributed by atoms with Crippen LogP contribution in [0, 0.1) is 26.6 Å². The molecule has 2 aromatic rings. The molecule has 0 unspecified atom stereocenters. The summed E-state index contributed by atoms with van der Waals surface area (Å²) in [5.74, 6) is -1.22. The van der Waals surface area contributed by atoms with Crippen molar-refractivity contribution in [3.05, 3.63) is 64.5 Å². The molecule has 4 nitrogen and oxygen atoms in total. The lowest BCUT2D eigenvalue weighted by molar-refractivity contribution is -0.121. The Morgan fingerprint density at radius 2 is 1.81 bits per heavy atom. The Balaban J connectivity index is 2.34. The van der Waals surface area contributed by atoms with Crippen LogP contribution < -0.4 is 5.73 Å². The van der Waals surface area contributed by atoms with Gasteiger partial charge in [0.2, 0.25) is 5.91 Å². The Labute approximate surface area is 158 Å². The van der Waals surface area contributed by atoms with Crippen molar-refractivity contribution in [1.29, 1.82) is 0 Å². The summed E-state index contributed by atoms with van der Waals surface area (Å²) in [5, 5.41) is 9.68. The molecule has 0 aromatic heterocycles. The highest BCUT2D eigenvalue weighted by Gasteiger charge is 2.13. The molecule has 0 aliphatic carbocycles. The monoisotopic (exact) mass is 369 g/mol. The summed E-state index contributed by atoms with van der Waals surface area (Å²) in [7, 11) is 0. The average molecular weight is 369 g/mol. The van der Waals surface area contributed by atoms with Gasteiger partial charge in [-0.15, -0.1) is 0 Å². The van der Waals surface area contributed by atoms with Crippen LogP contribution in [-0.2, 0) is 9.59 Å². The maximum Gasteiger partial charge on any atom is 0.220 e. The van der Waals surface area contributed by atoms with Crippen LogP contribution in [0.1, 0.15) is 35.1 Å². The van der Waals surface area contributed by atoms with Crippen LogP contribution in [0.25, 0.3) is 17.2 Å². The van der Waals surface area contributed by atoms with E-state index in [0.29, 0.717) is 5.56 Å². The van der Waals surface area contributed by atoms with Crippen LogP contribution in [0.4, 0.5) is 4.39 Å². The molecule has 0 heterocycles. The normalized spacial score (nSPS) is 12.3. The fourth-order valence-corrected chi connectivity index (χ4v) is 3.03. The third-order valence-electron chi connectivity index (χ3n) is 4.31. The van der Waals surface area contributed by atoms with E-state index in [2.05, 4.69) is 0 Å².